The van der Waals surface area contributed by atoms with Gasteiger partial charge in [-0.05, 0) is 37.3 Å². The Hall–Kier alpha value is -3.61. The predicted molar refractivity (Wildman–Crippen MR) is 95.6 cm³/mol. The van der Waals surface area contributed by atoms with E-state index < -0.39 is 5.97 Å². The van der Waals surface area contributed by atoms with Gasteiger partial charge in [-0.3, -0.25) is 9.78 Å². The highest BCUT2D eigenvalue weighted by molar-refractivity contribution is 6.12. The lowest BCUT2D eigenvalue weighted by Crippen LogP contribution is -2.04. The highest BCUT2D eigenvalue weighted by Gasteiger charge is 2.14. The molecule has 0 unspecified atom stereocenters. The lowest BCUT2D eigenvalue weighted by atomic mass is 10.1. The zero-order valence-corrected chi connectivity index (χ0v) is 13.3. The highest BCUT2D eigenvalue weighted by atomic mass is 16.4. The van der Waals surface area contributed by atoms with Gasteiger partial charge >= 0.3 is 5.97 Å². The number of nitrogens with zero attached hydrogens (tertiary/aromatic N) is 1. The second kappa shape index (κ2) is 5.48. The van der Waals surface area contributed by atoms with E-state index in [1.54, 1.807) is 24.4 Å². The van der Waals surface area contributed by atoms with Crippen molar-refractivity contribution < 1.29 is 9.90 Å². The number of H-pyrrole nitrogens is 2. The van der Waals surface area contributed by atoms with Crippen LogP contribution in [-0.4, -0.2) is 26.0 Å². The largest absolute Gasteiger partial charge is 0.477 e. The first-order valence-electron chi connectivity index (χ1n) is 7.63. The van der Waals surface area contributed by atoms with Crippen molar-refractivity contribution in [2.75, 3.05) is 5.32 Å². The lowest BCUT2D eigenvalue weighted by molar-refractivity contribution is 0.0691. The van der Waals surface area contributed by atoms with Gasteiger partial charge in [-0.1, -0.05) is 0 Å². The molecule has 25 heavy (non-hydrogen) atoms. The third kappa shape index (κ3) is 2.61. The number of aromatic amines is 2. The quantitative estimate of drug-likeness (QED) is 0.460. The van der Waals surface area contributed by atoms with Gasteiger partial charge in [0.05, 0.1) is 11.0 Å². The number of pyridine rings is 2. The highest BCUT2D eigenvalue weighted by Crippen LogP contribution is 2.31. The summed E-state index contributed by atoms with van der Waals surface area (Å²) < 4.78 is 0. The van der Waals surface area contributed by atoms with Crippen LogP contribution in [0.3, 0.4) is 0 Å². The molecular formula is C18H14N4O3. The molecule has 0 radical (unpaired) electrons. The molecule has 0 saturated carbocycles. The molecule has 0 fully saturated rings. The smallest absolute Gasteiger partial charge is 0.352 e. The summed E-state index contributed by atoms with van der Waals surface area (Å²) >= 11 is 0. The molecule has 7 heteroatoms. The molecule has 1 aromatic carbocycles. The SMILES string of the molecule is Cc1cc(Nc2[nH]c(C(=O)O)cc3c2[nH]c2cc(=O)ccc23)ccn1. The number of carboxylic acid groups (broad SMARTS) is 1. The van der Waals surface area contributed by atoms with Crippen LogP contribution in [0, 0.1) is 6.92 Å². The average molecular weight is 334 g/mol. The lowest BCUT2D eigenvalue weighted by Gasteiger charge is -2.10. The summed E-state index contributed by atoms with van der Waals surface area (Å²) in [7, 11) is 0. The molecule has 0 amide bonds. The Labute approximate surface area is 141 Å². The fraction of sp³-hybridized carbons (Fsp3) is 0.0556. The second-order valence-corrected chi connectivity index (χ2v) is 5.80. The first kappa shape index (κ1) is 14.9. The Morgan fingerprint density at radius 1 is 1.12 bits per heavy atom. The van der Waals surface area contributed by atoms with Gasteiger partial charge in [-0.2, -0.15) is 0 Å². The summed E-state index contributed by atoms with van der Waals surface area (Å²) in [6.45, 7) is 1.87. The third-order valence-electron chi connectivity index (χ3n) is 4.00. The molecule has 4 aromatic rings. The van der Waals surface area contributed by atoms with Gasteiger partial charge in [0.1, 0.15) is 11.5 Å². The minimum atomic E-state index is -1.06. The molecule has 4 rings (SSSR count). The van der Waals surface area contributed by atoms with Crippen LogP contribution in [0.1, 0.15) is 16.2 Å². The van der Waals surface area contributed by atoms with E-state index in [1.807, 2.05) is 13.0 Å². The summed E-state index contributed by atoms with van der Waals surface area (Å²) in [5.41, 5.74) is 2.90. The van der Waals surface area contributed by atoms with Crippen LogP contribution >= 0.6 is 0 Å². The normalized spacial score (nSPS) is 11.1. The number of aromatic nitrogens is 3. The Kier molecular flexibility index (Phi) is 3.28. The maximum atomic E-state index is 11.6. The van der Waals surface area contributed by atoms with Crippen molar-refractivity contribution in [2.45, 2.75) is 6.92 Å². The van der Waals surface area contributed by atoms with Crippen molar-refractivity contribution in [3.63, 3.8) is 0 Å². The molecule has 4 N–H and O–H groups in total. The number of aromatic carboxylic acids is 1. The van der Waals surface area contributed by atoms with Crippen LogP contribution in [0.15, 0.2) is 47.4 Å². The summed E-state index contributed by atoms with van der Waals surface area (Å²) in [4.78, 5) is 33.3. The van der Waals surface area contributed by atoms with E-state index in [4.69, 9.17) is 0 Å². The zero-order valence-electron chi connectivity index (χ0n) is 13.3. The molecule has 0 bridgehead atoms. The summed E-state index contributed by atoms with van der Waals surface area (Å²) in [6, 6.07) is 9.86. The second-order valence-electron chi connectivity index (χ2n) is 5.80. The van der Waals surface area contributed by atoms with E-state index in [2.05, 4.69) is 20.3 Å². The molecule has 0 aliphatic heterocycles. The minimum absolute atomic E-state index is 0.0490. The Morgan fingerprint density at radius 2 is 1.96 bits per heavy atom. The molecule has 0 saturated heterocycles. The van der Waals surface area contributed by atoms with Crippen molar-refractivity contribution in [3.05, 3.63) is 64.2 Å². The van der Waals surface area contributed by atoms with E-state index in [0.29, 0.717) is 16.9 Å². The van der Waals surface area contributed by atoms with Gasteiger partial charge < -0.3 is 20.4 Å². The molecule has 0 atom stereocenters. The summed E-state index contributed by atoms with van der Waals surface area (Å²) in [6.07, 6.45) is 1.67. The molecule has 0 spiro atoms. The van der Waals surface area contributed by atoms with Crippen LogP contribution in [-0.2, 0) is 0 Å². The fourth-order valence-corrected chi connectivity index (χ4v) is 2.90. The summed E-state index contributed by atoms with van der Waals surface area (Å²) in [5.74, 6) is -0.560. The Morgan fingerprint density at radius 3 is 2.72 bits per heavy atom. The van der Waals surface area contributed by atoms with Gasteiger partial charge in [0, 0.05) is 34.4 Å². The van der Waals surface area contributed by atoms with Gasteiger partial charge in [0.25, 0.3) is 0 Å². The van der Waals surface area contributed by atoms with Crippen molar-refractivity contribution in [2.24, 2.45) is 0 Å². The number of carbonyl (C=O) groups is 1. The van der Waals surface area contributed by atoms with Crippen molar-refractivity contribution in [1.29, 1.82) is 0 Å². The molecule has 3 heterocycles. The van der Waals surface area contributed by atoms with Gasteiger partial charge in [-0.25, -0.2) is 4.79 Å². The number of hydrogen-bond acceptors (Lipinski definition) is 4. The standard InChI is InChI=1S/C18H14N4O3/c1-9-6-10(4-5-19-9)20-17-16-13(8-15(22-17)18(24)25)12-3-2-11(23)7-14(12)21-16/h2-8,21-22H,1H3,(H,19,20)(H,24,25). The zero-order chi connectivity index (χ0) is 17.6. The third-order valence-corrected chi connectivity index (χ3v) is 4.00. The van der Waals surface area contributed by atoms with Crippen molar-refractivity contribution in [3.8, 4) is 0 Å². The van der Waals surface area contributed by atoms with Crippen LogP contribution < -0.4 is 10.7 Å². The van der Waals surface area contributed by atoms with Crippen molar-refractivity contribution in [1.82, 2.24) is 15.0 Å². The molecule has 0 aliphatic rings. The fourth-order valence-electron chi connectivity index (χ4n) is 2.90. The Bertz CT molecular complexity index is 1190. The van der Waals surface area contributed by atoms with E-state index in [0.717, 1.165) is 22.2 Å². The number of rotatable bonds is 3. The van der Waals surface area contributed by atoms with Gasteiger partial charge in [-0.15, -0.1) is 0 Å². The first-order chi connectivity index (χ1) is 12.0. The predicted octanol–water partition coefficient (Wildman–Crippen LogP) is 3.15. The minimum Gasteiger partial charge on any atom is -0.477 e. The number of fused-ring (bicyclic) bond motifs is 3. The van der Waals surface area contributed by atoms with Crippen molar-refractivity contribution >= 4 is 39.3 Å². The van der Waals surface area contributed by atoms with Crippen LogP contribution in [0.25, 0.3) is 21.8 Å². The molecular weight excluding hydrogens is 320 g/mol. The van der Waals surface area contributed by atoms with E-state index in [9.17, 15) is 14.7 Å². The molecule has 3 aromatic heterocycles. The van der Waals surface area contributed by atoms with Crippen LogP contribution in [0.5, 0.6) is 0 Å². The number of carboxylic acids is 1. The maximum absolute atomic E-state index is 11.6. The molecule has 0 aliphatic carbocycles. The molecule has 7 nitrogen and oxygen atoms in total. The van der Waals surface area contributed by atoms with Crippen LogP contribution in [0.2, 0.25) is 0 Å². The average Bonchev–Trinajstić information content (AvgIpc) is 2.92. The van der Waals surface area contributed by atoms with Gasteiger partial charge in [0.15, 0.2) is 5.43 Å². The number of hydrogen-bond donors (Lipinski definition) is 4. The monoisotopic (exact) mass is 334 g/mol. The number of aryl methyl sites for hydroxylation is 1. The number of anilines is 2. The van der Waals surface area contributed by atoms with E-state index in [1.165, 1.54) is 12.1 Å². The van der Waals surface area contributed by atoms with E-state index in [-0.39, 0.29) is 11.1 Å². The van der Waals surface area contributed by atoms with Gasteiger partial charge in [0.2, 0.25) is 0 Å². The van der Waals surface area contributed by atoms with Crippen LogP contribution in [0.4, 0.5) is 11.5 Å². The topological polar surface area (TPSA) is 111 Å². The first-order valence-corrected chi connectivity index (χ1v) is 7.63. The van der Waals surface area contributed by atoms with E-state index >= 15 is 0 Å². The maximum Gasteiger partial charge on any atom is 0.352 e. The number of nitrogens with one attached hydrogen (secondary N) is 3. The number of benzene rings is 1. The summed E-state index contributed by atoms with van der Waals surface area (Å²) in [5, 5.41) is 14.1. The Balaban J connectivity index is 1.99. The molecule has 124 valence electrons.